The summed E-state index contributed by atoms with van der Waals surface area (Å²) in [5.41, 5.74) is 17.7. The highest BCUT2D eigenvalue weighted by atomic mass is 35.5. The average Bonchev–Trinajstić information content (AvgIpc) is 3.53. The summed E-state index contributed by atoms with van der Waals surface area (Å²) in [6.07, 6.45) is 7.06. The second kappa shape index (κ2) is 7.15. The van der Waals surface area contributed by atoms with Crippen LogP contribution in [0.2, 0.25) is 5.02 Å². The molecule has 0 fully saturated rings. The molecule has 0 bridgehead atoms. The Morgan fingerprint density at radius 3 is 2.78 bits per heavy atom. The van der Waals surface area contributed by atoms with Crippen LogP contribution in [0.15, 0.2) is 61.1 Å². The average molecular weight is 443 g/mol. The van der Waals surface area contributed by atoms with Gasteiger partial charge in [-0.1, -0.05) is 17.7 Å². The third-order valence-electron chi connectivity index (χ3n) is 5.88. The summed E-state index contributed by atoms with van der Waals surface area (Å²) in [4.78, 5) is 14.0. The molecule has 0 spiro atoms. The van der Waals surface area contributed by atoms with Gasteiger partial charge in [-0.25, -0.2) is 19.6 Å². The Morgan fingerprint density at radius 2 is 1.97 bits per heavy atom. The molecule has 0 saturated heterocycles. The Labute approximate surface area is 188 Å². The second-order valence-electron chi connectivity index (χ2n) is 7.82. The maximum absolute atomic E-state index is 6.67. The van der Waals surface area contributed by atoms with Crippen molar-refractivity contribution in [2.45, 2.75) is 18.9 Å². The molecular weight excluding hydrogens is 424 g/mol. The van der Waals surface area contributed by atoms with Gasteiger partial charge in [-0.15, -0.1) is 0 Å². The quantitative estimate of drug-likeness (QED) is 0.438. The number of pyridine rings is 2. The molecule has 9 heteroatoms. The van der Waals surface area contributed by atoms with E-state index in [4.69, 9.17) is 33.0 Å². The van der Waals surface area contributed by atoms with Crippen molar-refractivity contribution in [3.8, 4) is 22.9 Å². The lowest BCUT2D eigenvalue weighted by molar-refractivity contribution is 0.713. The number of aromatic nitrogens is 6. The minimum absolute atomic E-state index is 0.0750. The summed E-state index contributed by atoms with van der Waals surface area (Å²) in [6.45, 7) is 0. The van der Waals surface area contributed by atoms with Crippen molar-refractivity contribution in [1.82, 2.24) is 29.3 Å². The SMILES string of the molecule is Nc1ncccc1-c1nc2c(Cl)cc(-n3cccn3)nc2n1-c1ccc2c(c1)CCC2N. The molecule has 0 amide bonds. The van der Waals surface area contributed by atoms with Crippen LogP contribution in [0.3, 0.4) is 0 Å². The van der Waals surface area contributed by atoms with Crippen molar-refractivity contribution >= 4 is 28.6 Å². The number of benzene rings is 1. The van der Waals surface area contributed by atoms with Crippen molar-refractivity contribution in [3.63, 3.8) is 0 Å². The summed E-state index contributed by atoms with van der Waals surface area (Å²) < 4.78 is 3.65. The topological polar surface area (TPSA) is 113 Å². The maximum Gasteiger partial charge on any atom is 0.168 e. The molecule has 4 aromatic heterocycles. The smallest absolute Gasteiger partial charge is 0.168 e. The summed E-state index contributed by atoms with van der Waals surface area (Å²) in [5.74, 6) is 1.61. The Morgan fingerprint density at radius 1 is 1.06 bits per heavy atom. The predicted octanol–water partition coefficient (Wildman–Crippen LogP) is 3.85. The minimum atomic E-state index is 0.0750. The van der Waals surface area contributed by atoms with E-state index in [0.29, 0.717) is 39.2 Å². The number of halogens is 1. The van der Waals surface area contributed by atoms with E-state index in [9.17, 15) is 0 Å². The summed E-state index contributed by atoms with van der Waals surface area (Å²) in [5, 5.41) is 4.77. The van der Waals surface area contributed by atoms with E-state index in [1.54, 1.807) is 23.1 Å². The number of hydrogen-bond acceptors (Lipinski definition) is 6. The van der Waals surface area contributed by atoms with E-state index in [0.717, 1.165) is 18.5 Å². The van der Waals surface area contributed by atoms with Gasteiger partial charge in [0.25, 0.3) is 0 Å². The predicted molar refractivity (Wildman–Crippen MR) is 124 cm³/mol. The minimum Gasteiger partial charge on any atom is -0.383 e. The van der Waals surface area contributed by atoms with E-state index in [2.05, 4.69) is 22.2 Å². The van der Waals surface area contributed by atoms with Crippen molar-refractivity contribution < 1.29 is 0 Å². The number of aryl methyl sites for hydroxylation is 1. The number of nitrogen functional groups attached to an aromatic ring is 1. The zero-order valence-corrected chi connectivity index (χ0v) is 17.7. The molecule has 1 aliphatic carbocycles. The van der Waals surface area contributed by atoms with Crippen LogP contribution in [-0.4, -0.2) is 29.3 Å². The maximum atomic E-state index is 6.67. The number of anilines is 1. The number of nitrogens with two attached hydrogens (primary N) is 2. The summed E-state index contributed by atoms with van der Waals surface area (Å²) in [7, 11) is 0. The van der Waals surface area contributed by atoms with Crippen LogP contribution in [-0.2, 0) is 6.42 Å². The molecule has 1 aliphatic rings. The van der Waals surface area contributed by atoms with E-state index >= 15 is 0 Å². The number of hydrogen-bond donors (Lipinski definition) is 2. The Kier molecular flexibility index (Phi) is 4.24. The van der Waals surface area contributed by atoms with Crippen molar-refractivity contribution in [2.24, 2.45) is 5.73 Å². The molecule has 4 heterocycles. The normalized spacial score (nSPS) is 15.4. The van der Waals surface area contributed by atoms with Crippen molar-refractivity contribution in [1.29, 1.82) is 0 Å². The number of fused-ring (bicyclic) bond motifs is 2. The molecule has 0 aliphatic heterocycles. The molecule has 0 radical (unpaired) electrons. The first-order valence-electron chi connectivity index (χ1n) is 10.3. The molecule has 1 atom stereocenters. The molecule has 5 aromatic rings. The van der Waals surface area contributed by atoms with Gasteiger partial charge in [0.05, 0.1) is 10.6 Å². The third kappa shape index (κ3) is 2.88. The fourth-order valence-electron chi connectivity index (χ4n) is 4.33. The lowest BCUT2D eigenvalue weighted by Gasteiger charge is -2.13. The fourth-order valence-corrected chi connectivity index (χ4v) is 4.55. The van der Waals surface area contributed by atoms with Crippen LogP contribution in [0.25, 0.3) is 34.1 Å². The van der Waals surface area contributed by atoms with Gasteiger partial charge in [-0.05, 0) is 54.3 Å². The molecule has 1 unspecified atom stereocenters. The van der Waals surface area contributed by atoms with Crippen LogP contribution < -0.4 is 11.5 Å². The van der Waals surface area contributed by atoms with Gasteiger partial charge in [0.15, 0.2) is 17.3 Å². The highest BCUT2D eigenvalue weighted by Crippen LogP contribution is 2.36. The summed E-state index contributed by atoms with van der Waals surface area (Å²) in [6, 6.07) is 13.7. The molecule has 4 N–H and O–H groups in total. The first-order valence-corrected chi connectivity index (χ1v) is 10.7. The molecule has 8 nitrogen and oxygen atoms in total. The van der Waals surface area contributed by atoms with Gasteiger partial charge in [0.1, 0.15) is 11.3 Å². The zero-order valence-electron chi connectivity index (χ0n) is 17.0. The van der Waals surface area contributed by atoms with Gasteiger partial charge in [-0.3, -0.25) is 4.57 Å². The summed E-state index contributed by atoms with van der Waals surface area (Å²) >= 11 is 6.67. The van der Waals surface area contributed by atoms with E-state index in [-0.39, 0.29) is 6.04 Å². The van der Waals surface area contributed by atoms with Crippen molar-refractivity contribution in [3.05, 3.63) is 77.2 Å². The molecular formula is C23H19ClN8. The molecule has 0 saturated carbocycles. The van der Waals surface area contributed by atoms with Gasteiger partial charge in [0.2, 0.25) is 0 Å². The molecule has 1 aromatic carbocycles. The van der Waals surface area contributed by atoms with Gasteiger partial charge < -0.3 is 11.5 Å². The van der Waals surface area contributed by atoms with E-state index < -0.39 is 0 Å². The highest BCUT2D eigenvalue weighted by molar-refractivity contribution is 6.35. The van der Waals surface area contributed by atoms with Gasteiger partial charge >= 0.3 is 0 Å². The van der Waals surface area contributed by atoms with E-state index in [1.807, 2.05) is 35.0 Å². The Hall–Kier alpha value is -3.75. The largest absolute Gasteiger partial charge is 0.383 e. The van der Waals surface area contributed by atoms with Crippen LogP contribution >= 0.6 is 11.6 Å². The highest BCUT2D eigenvalue weighted by Gasteiger charge is 2.24. The monoisotopic (exact) mass is 442 g/mol. The van der Waals surface area contributed by atoms with Gasteiger partial charge in [-0.2, -0.15) is 5.10 Å². The fraction of sp³-hybridized carbons (Fsp3) is 0.130. The Balaban J connectivity index is 1.67. The lowest BCUT2D eigenvalue weighted by atomic mass is 10.1. The second-order valence-corrected chi connectivity index (χ2v) is 8.23. The standard InChI is InChI=1S/C23H19ClN8/c24-17-12-19(31-10-2-9-28-31)29-23-20(17)30-22(16-3-1-8-27-21(16)26)32(23)14-5-6-15-13(11-14)4-7-18(15)25/h1-3,5-6,8-12,18H,4,7,25H2,(H2,26,27). The van der Waals surface area contributed by atoms with Gasteiger partial charge in [0, 0.05) is 36.4 Å². The van der Waals surface area contributed by atoms with Crippen molar-refractivity contribution in [2.75, 3.05) is 5.73 Å². The first kappa shape index (κ1) is 19.0. The van der Waals surface area contributed by atoms with E-state index in [1.165, 1.54) is 11.1 Å². The zero-order chi connectivity index (χ0) is 21.8. The number of imidazole rings is 1. The first-order chi connectivity index (χ1) is 15.6. The third-order valence-corrected chi connectivity index (χ3v) is 6.17. The number of rotatable bonds is 3. The number of nitrogens with zero attached hydrogens (tertiary/aromatic N) is 6. The molecule has 158 valence electrons. The van der Waals surface area contributed by atoms with Crippen LogP contribution in [0.1, 0.15) is 23.6 Å². The lowest BCUT2D eigenvalue weighted by Crippen LogP contribution is -2.06. The Bertz CT molecular complexity index is 1470. The molecule has 32 heavy (non-hydrogen) atoms. The molecule has 6 rings (SSSR count). The van der Waals surface area contributed by atoms with Crippen LogP contribution in [0.4, 0.5) is 5.82 Å². The van der Waals surface area contributed by atoms with Crippen LogP contribution in [0.5, 0.6) is 0 Å². The van der Waals surface area contributed by atoms with Crippen LogP contribution in [0, 0.1) is 0 Å².